The second-order valence-electron chi connectivity index (χ2n) is 7.11. The summed E-state index contributed by atoms with van der Waals surface area (Å²) in [5, 5.41) is 9.07. The van der Waals surface area contributed by atoms with Gasteiger partial charge < -0.3 is 10.6 Å². The van der Waals surface area contributed by atoms with Gasteiger partial charge in [0.25, 0.3) is 5.91 Å². The Kier molecular flexibility index (Phi) is 7.23. The van der Waals surface area contributed by atoms with Gasteiger partial charge in [0.05, 0.1) is 5.56 Å². The molecule has 1 heterocycles. The highest BCUT2D eigenvalue weighted by atomic mass is 32.1. The average Bonchev–Trinajstić information content (AvgIpc) is 3.18. The van der Waals surface area contributed by atoms with E-state index >= 15 is 0 Å². The van der Waals surface area contributed by atoms with Crippen LogP contribution >= 0.6 is 11.3 Å². The van der Waals surface area contributed by atoms with Gasteiger partial charge >= 0.3 is 6.18 Å². The predicted molar refractivity (Wildman–Crippen MR) is 103 cm³/mol. The number of nitrogens with one attached hydrogen (secondary N) is 2. The maximum atomic E-state index is 12.9. The fourth-order valence-corrected chi connectivity index (χ4v) is 3.21. The van der Waals surface area contributed by atoms with Gasteiger partial charge in [0.2, 0.25) is 5.91 Å². The van der Waals surface area contributed by atoms with Crippen molar-refractivity contribution < 1.29 is 22.8 Å². The smallest absolute Gasteiger partial charge is 0.355 e. The molecule has 1 aromatic carbocycles. The molecule has 0 saturated heterocycles. The molecule has 0 atom stereocenters. The van der Waals surface area contributed by atoms with Crippen LogP contribution in [0.25, 0.3) is 0 Å². The van der Waals surface area contributed by atoms with E-state index in [2.05, 4.69) is 10.6 Å². The molecule has 0 aliphatic rings. The maximum absolute atomic E-state index is 12.9. The number of carbonyl (C=O) groups is 2. The van der Waals surface area contributed by atoms with Crippen LogP contribution in [0.1, 0.15) is 48.2 Å². The molecule has 0 bridgehead atoms. The molecule has 0 aliphatic heterocycles. The number of hydrogen-bond acceptors (Lipinski definition) is 3. The monoisotopic (exact) mass is 412 g/mol. The molecule has 0 unspecified atom stereocenters. The second-order valence-corrected chi connectivity index (χ2v) is 7.89. The number of hydrogen-bond donors (Lipinski definition) is 2. The lowest BCUT2D eigenvalue weighted by Crippen LogP contribution is -2.37. The summed E-state index contributed by atoms with van der Waals surface area (Å²) in [5.74, 6) is -0.378. The number of thiophene rings is 1. The van der Waals surface area contributed by atoms with E-state index in [4.69, 9.17) is 0 Å². The van der Waals surface area contributed by atoms with Gasteiger partial charge in [0, 0.05) is 35.9 Å². The third-order valence-corrected chi connectivity index (χ3v) is 5.03. The molecule has 4 nitrogen and oxygen atoms in total. The Morgan fingerprint density at radius 2 is 1.79 bits per heavy atom. The Hall–Kier alpha value is -2.35. The topological polar surface area (TPSA) is 58.2 Å². The first kappa shape index (κ1) is 21.9. The highest BCUT2D eigenvalue weighted by Gasteiger charge is 2.32. The van der Waals surface area contributed by atoms with Crippen molar-refractivity contribution in [2.75, 3.05) is 13.1 Å². The highest BCUT2D eigenvalue weighted by molar-refractivity contribution is 7.08. The zero-order valence-corrected chi connectivity index (χ0v) is 16.5. The lowest BCUT2D eigenvalue weighted by Gasteiger charge is -2.26. The van der Waals surface area contributed by atoms with Crippen molar-refractivity contribution >= 4 is 23.2 Å². The van der Waals surface area contributed by atoms with Crippen LogP contribution in [0.15, 0.2) is 41.1 Å². The van der Waals surface area contributed by atoms with Crippen molar-refractivity contribution in [1.82, 2.24) is 10.6 Å². The molecule has 8 heteroatoms. The van der Waals surface area contributed by atoms with Crippen molar-refractivity contribution in [2.45, 2.75) is 38.3 Å². The fourth-order valence-electron chi connectivity index (χ4n) is 2.57. The molecule has 0 aliphatic carbocycles. The van der Waals surface area contributed by atoms with Crippen LogP contribution in [0.5, 0.6) is 0 Å². The van der Waals surface area contributed by atoms with Crippen molar-refractivity contribution in [3.63, 3.8) is 0 Å². The van der Waals surface area contributed by atoms with Gasteiger partial charge in [-0.3, -0.25) is 9.59 Å². The van der Waals surface area contributed by atoms with Crippen LogP contribution in [0.3, 0.4) is 0 Å². The highest BCUT2D eigenvalue weighted by Crippen LogP contribution is 2.32. The Bertz CT molecular complexity index is 802. The van der Waals surface area contributed by atoms with Gasteiger partial charge in [-0.25, -0.2) is 0 Å². The van der Waals surface area contributed by atoms with E-state index in [0.29, 0.717) is 24.1 Å². The van der Waals surface area contributed by atoms with Crippen molar-refractivity contribution in [3.05, 3.63) is 57.8 Å². The predicted octanol–water partition coefficient (Wildman–Crippen LogP) is 4.37. The van der Waals surface area contributed by atoms with Crippen LogP contribution in [0.4, 0.5) is 13.2 Å². The Morgan fingerprint density at radius 3 is 2.43 bits per heavy atom. The van der Waals surface area contributed by atoms with Gasteiger partial charge in [-0.2, -0.15) is 24.5 Å². The summed E-state index contributed by atoms with van der Waals surface area (Å²) in [6.07, 6.45) is -3.70. The molecule has 2 amide bonds. The quantitative estimate of drug-likeness (QED) is 0.633. The molecule has 0 radical (unpaired) electrons. The molecule has 2 rings (SSSR count). The first-order chi connectivity index (χ1) is 13.1. The van der Waals surface area contributed by atoms with Crippen LogP contribution in [0, 0.1) is 0 Å². The zero-order valence-electron chi connectivity index (χ0n) is 15.7. The molecule has 0 spiro atoms. The average molecular weight is 412 g/mol. The summed E-state index contributed by atoms with van der Waals surface area (Å²) >= 11 is 1.43. The molecule has 152 valence electrons. The second kappa shape index (κ2) is 9.23. The minimum atomic E-state index is -4.40. The van der Waals surface area contributed by atoms with Gasteiger partial charge in [0.15, 0.2) is 0 Å². The third-order valence-electron chi connectivity index (χ3n) is 4.35. The Morgan fingerprint density at radius 1 is 1.07 bits per heavy atom. The van der Waals surface area contributed by atoms with Crippen molar-refractivity contribution in [2.24, 2.45) is 0 Å². The van der Waals surface area contributed by atoms with Gasteiger partial charge in [-0.1, -0.05) is 32.0 Å². The maximum Gasteiger partial charge on any atom is 0.416 e. The molecule has 1 aromatic heterocycles. The van der Waals surface area contributed by atoms with Crippen molar-refractivity contribution in [3.8, 4) is 0 Å². The summed E-state index contributed by atoms with van der Waals surface area (Å²) in [6, 6.07) is 6.87. The zero-order chi connectivity index (χ0) is 20.8. The minimum absolute atomic E-state index is 0.174. The summed E-state index contributed by atoms with van der Waals surface area (Å²) in [5.41, 5.74) is -0.252. The summed E-state index contributed by atoms with van der Waals surface area (Å²) in [7, 11) is 0. The first-order valence-corrected chi connectivity index (χ1v) is 9.79. The SMILES string of the molecule is CC(C)(CNC(=O)CCCNC(=O)c1ccsc1)c1cccc(C(F)(F)F)c1. The van der Waals surface area contributed by atoms with E-state index in [1.165, 1.54) is 17.4 Å². The summed E-state index contributed by atoms with van der Waals surface area (Å²) in [4.78, 5) is 23.8. The van der Waals surface area contributed by atoms with E-state index in [1.807, 2.05) is 5.38 Å². The molecule has 28 heavy (non-hydrogen) atoms. The fraction of sp³-hybridized carbons (Fsp3) is 0.400. The lowest BCUT2D eigenvalue weighted by atomic mass is 9.83. The van der Waals surface area contributed by atoms with E-state index in [-0.39, 0.29) is 24.8 Å². The Labute approximate surface area is 166 Å². The van der Waals surface area contributed by atoms with E-state index < -0.39 is 17.2 Å². The largest absolute Gasteiger partial charge is 0.416 e. The third kappa shape index (κ3) is 6.37. The van der Waals surface area contributed by atoms with Crippen LogP contribution in [0.2, 0.25) is 0 Å². The van der Waals surface area contributed by atoms with Crippen molar-refractivity contribution in [1.29, 1.82) is 0 Å². The number of alkyl halides is 3. The number of rotatable bonds is 8. The summed E-state index contributed by atoms with van der Waals surface area (Å²) < 4.78 is 38.7. The molecule has 0 fully saturated rings. The molecular formula is C20H23F3N2O2S. The van der Waals surface area contributed by atoms with Crippen LogP contribution < -0.4 is 10.6 Å². The number of amides is 2. The molecule has 0 saturated carbocycles. The number of benzene rings is 1. The molecule has 2 aromatic rings. The number of carbonyl (C=O) groups excluding carboxylic acids is 2. The van der Waals surface area contributed by atoms with Crippen LogP contribution in [-0.4, -0.2) is 24.9 Å². The van der Waals surface area contributed by atoms with Gasteiger partial charge in [-0.15, -0.1) is 0 Å². The Balaban J connectivity index is 1.77. The first-order valence-electron chi connectivity index (χ1n) is 8.84. The summed E-state index contributed by atoms with van der Waals surface area (Å²) in [6.45, 7) is 4.15. The van der Waals surface area contributed by atoms with E-state index in [0.717, 1.165) is 12.1 Å². The standard InChI is InChI=1S/C20H23F3N2O2S/c1-19(2,15-5-3-6-16(11-15)20(21,22)23)13-25-17(26)7-4-9-24-18(27)14-8-10-28-12-14/h3,5-6,8,10-12H,4,7,9,13H2,1-2H3,(H,24,27)(H,25,26). The minimum Gasteiger partial charge on any atom is -0.355 e. The molecular weight excluding hydrogens is 389 g/mol. The number of halogens is 3. The van der Waals surface area contributed by atoms with Crippen LogP contribution in [-0.2, 0) is 16.4 Å². The van der Waals surface area contributed by atoms with Gasteiger partial charge in [0.1, 0.15) is 0 Å². The molecule has 2 N–H and O–H groups in total. The lowest BCUT2D eigenvalue weighted by molar-refractivity contribution is -0.137. The van der Waals surface area contributed by atoms with E-state index in [9.17, 15) is 22.8 Å². The van der Waals surface area contributed by atoms with E-state index in [1.54, 1.807) is 31.4 Å². The normalized spacial score (nSPS) is 11.9. The van der Waals surface area contributed by atoms with Gasteiger partial charge in [-0.05, 0) is 29.5 Å².